The van der Waals surface area contributed by atoms with Gasteiger partial charge < -0.3 is 10.1 Å². The van der Waals surface area contributed by atoms with Crippen LogP contribution in [0.4, 0.5) is 0 Å². The number of ether oxygens (including phenoxy) is 1. The summed E-state index contributed by atoms with van der Waals surface area (Å²) in [5.74, 6) is 0.546. The molecular weight excluding hydrogens is 321 g/mol. The van der Waals surface area contributed by atoms with E-state index in [4.69, 9.17) is 27.9 Å². The van der Waals surface area contributed by atoms with Crippen LogP contribution in [0, 0.1) is 0 Å². The fourth-order valence-corrected chi connectivity index (χ4v) is 1.93. The summed E-state index contributed by atoms with van der Waals surface area (Å²) in [6.07, 6.45) is 3.21. The van der Waals surface area contributed by atoms with Crippen LogP contribution in [-0.4, -0.2) is 19.1 Å². The average Bonchev–Trinajstić information content (AvgIpc) is 2.53. The van der Waals surface area contributed by atoms with Gasteiger partial charge in [-0.3, -0.25) is 4.79 Å². The number of hydrogen-bond donors (Lipinski definition) is 1. The Morgan fingerprint density at radius 3 is 2.23 bits per heavy atom. The minimum absolute atomic E-state index is 0.172. The van der Waals surface area contributed by atoms with E-state index in [1.54, 1.807) is 42.5 Å². The molecule has 3 nitrogen and oxygen atoms in total. The minimum Gasteiger partial charge on any atom is -0.492 e. The van der Waals surface area contributed by atoms with E-state index in [-0.39, 0.29) is 5.91 Å². The number of nitrogens with one attached hydrogen (secondary N) is 1. The lowest BCUT2D eigenvalue weighted by atomic mass is 10.2. The summed E-state index contributed by atoms with van der Waals surface area (Å²) in [7, 11) is 0. The molecule has 0 bridgehead atoms. The van der Waals surface area contributed by atoms with Crippen molar-refractivity contribution < 1.29 is 9.53 Å². The molecule has 2 aromatic carbocycles. The molecule has 2 aromatic rings. The quantitative estimate of drug-likeness (QED) is 0.634. The van der Waals surface area contributed by atoms with E-state index in [0.29, 0.717) is 23.2 Å². The zero-order valence-corrected chi connectivity index (χ0v) is 13.3. The Labute approximate surface area is 139 Å². The predicted octanol–water partition coefficient (Wildman–Crippen LogP) is 4.20. The van der Waals surface area contributed by atoms with Gasteiger partial charge in [-0.15, -0.1) is 0 Å². The van der Waals surface area contributed by atoms with Gasteiger partial charge in [-0.2, -0.15) is 0 Å². The van der Waals surface area contributed by atoms with Crippen molar-refractivity contribution in [2.75, 3.05) is 13.2 Å². The highest BCUT2D eigenvalue weighted by Crippen LogP contribution is 2.15. The molecule has 0 saturated carbocycles. The third kappa shape index (κ3) is 5.80. The molecular formula is C17H15Cl2NO2. The maximum Gasteiger partial charge on any atom is 0.244 e. The molecule has 114 valence electrons. The first-order chi connectivity index (χ1) is 10.6. The van der Waals surface area contributed by atoms with Crippen LogP contribution in [0.3, 0.4) is 0 Å². The molecule has 0 aliphatic rings. The van der Waals surface area contributed by atoms with Crippen molar-refractivity contribution >= 4 is 35.2 Å². The van der Waals surface area contributed by atoms with Gasteiger partial charge in [0.2, 0.25) is 5.91 Å². The highest BCUT2D eigenvalue weighted by Gasteiger charge is 1.97. The van der Waals surface area contributed by atoms with E-state index in [2.05, 4.69) is 5.32 Å². The second-order valence-corrected chi connectivity index (χ2v) is 5.35. The zero-order chi connectivity index (χ0) is 15.8. The largest absolute Gasteiger partial charge is 0.492 e. The first kappa shape index (κ1) is 16.4. The number of carbonyl (C=O) groups is 1. The van der Waals surface area contributed by atoms with E-state index in [1.807, 2.05) is 12.1 Å². The second-order valence-electron chi connectivity index (χ2n) is 4.48. The molecule has 0 heterocycles. The van der Waals surface area contributed by atoms with Crippen molar-refractivity contribution in [3.05, 3.63) is 70.2 Å². The van der Waals surface area contributed by atoms with Gasteiger partial charge in [-0.05, 0) is 48.0 Å². The van der Waals surface area contributed by atoms with Gasteiger partial charge in [-0.25, -0.2) is 0 Å². The first-order valence-corrected chi connectivity index (χ1v) is 7.49. The van der Waals surface area contributed by atoms with Gasteiger partial charge >= 0.3 is 0 Å². The van der Waals surface area contributed by atoms with Crippen LogP contribution >= 0.6 is 23.2 Å². The average molecular weight is 336 g/mol. The lowest BCUT2D eigenvalue weighted by molar-refractivity contribution is -0.116. The fourth-order valence-electron chi connectivity index (χ4n) is 1.68. The first-order valence-electron chi connectivity index (χ1n) is 6.73. The summed E-state index contributed by atoms with van der Waals surface area (Å²) in [6, 6.07) is 14.3. The number of carbonyl (C=O) groups excluding carboxylic acids is 1. The van der Waals surface area contributed by atoms with E-state index in [0.717, 1.165) is 11.3 Å². The molecule has 0 fully saturated rings. The van der Waals surface area contributed by atoms with Gasteiger partial charge in [0.15, 0.2) is 0 Å². The third-order valence-corrected chi connectivity index (χ3v) is 3.28. The Bertz CT molecular complexity index is 637. The van der Waals surface area contributed by atoms with E-state index in [1.165, 1.54) is 6.08 Å². The topological polar surface area (TPSA) is 38.3 Å². The van der Waals surface area contributed by atoms with Crippen LogP contribution in [0.15, 0.2) is 54.6 Å². The number of rotatable bonds is 6. The molecule has 2 rings (SSSR count). The van der Waals surface area contributed by atoms with Gasteiger partial charge in [0.25, 0.3) is 0 Å². The molecule has 0 atom stereocenters. The molecule has 0 radical (unpaired) electrons. The number of halogens is 2. The number of benzene rings is 2. The van der Waals surface area contributed by atoms with Crippen molar-refractivity contribution in [1.82, 2.24) is 5.32 Å². The summed E-state index contributed by atoms with van der Waals surface area (Å²) < 4.78 is 5.48. The molecule has 0 spiro atoms. The van der Waals surface area contributed by atoms with E-state index in [9.17, 15) is 4.79 Å². The monoisotopic (exact) mass is 335 g/mol. The van der Waals surface area contributed by atoms with Crippen LogP contribution in [0.1, 0.15) is 5.56 Å². The molecule has 0 unspecified atom stereocenters. The minimum atomic E-state index is -0.172. The lowest BCUT2D eigenvalue weighted by Gasteiger charge is -2.06. The van der Waals surface area contributed by atoms with Crippen molar-refractivity contribution in [3.63, 3.8) is 0 Å². The van der Waals surface area contributed by atoms with Crippen LogP contribution in [0.5, 0.6) is 5.75 Å². The third-order valence-electron chi connectivity index (χ3n) is 2.78. The summed E-state index contributed by atoms with van der Waals surface area (Å²) in [5, 5.41) is 4.07. The Hall–Kier alpha value is -1.97. The lowest BCUT2D eigenvalue weighted by Crippen LogP contribution is -2.26. The molecule has 0 aromatic heterocycles. The standard InChI is InChI=1S/C17H15Cl2NO2/c18-14-4-1-13(2-5-14)3-10-17(21)20-11-12-22-16-8-6-15(19)7-9-16/h1-10H,11-12H2,(H,20,21)/b10-3+. The Kier molecular flexibility index (Phi) is 6.31. The fraction of sp³-hybridized carbons (Fsp3) is 0.118. The van der Waals surface area contributed by atoms with Crippen LogP contribution in [0.25, 0.3) is 6.08 Å². The van der Waals surface area contributed by atoms with Crippen molar-refractivity contribution in [2.24, 2.45) is 0 Å². The van der Waals surface area contributed by atoms with Crippen LogP contribution in [-0.2, 0) is 4.79 Å². The summed E-state index contributed by atoms with van der Waals surface area (Å²) in [5.41, 5.74) is 0.914. The maximum atomic E-state index is 11.6. The SMILES string of the molecule is O=C(/C=C/c1ccc(Cl)cc1)NCCOc1ccc(Cl)cc1. The molecule has 0 saturated heterocycles. The maximum absolute atomic E-state index is 11.6. The summed E-state index contributed by atoms with van der Waals surface area (Å²) in [6.45, 7) is 0.814. The van der Waals surface area contributed by atoms with Crippen LogP contribution in [0.2, 0.25) is 10.0 Å². The van der Waals surface area contributed by atoms with Crippen molar-refractivity contribution in [3.8, 4) is 5.75 Å². The molecule has 0 aliphatic carbocycles. The molecule has 1 amide bonds. The Morgan fingerprint density at radius 2 is 1.59 bits per heavy atom. The number of amides is 1. The molecule has 5 heteroatoms. The molecule has 1 N–H and O–H groups in total. The van der Waals surface area contributed by atoms with E-state index < -0.39 is 0 Å². The Balaban J connectivity index is 1.69. The summed E-state index contributed by atoms with van der Waals surface area (Å²) in [4.78, 5) is 11.6. The van der Waals surface area contributed by atoms with E-state index >= 15 is 0 Å². The summed E-state index contributed by atoms with van der Waals surface area (Å²) >= 11 is 11.6. The molecule has 0 aliphatic heterocycles. The normalized spacial score (nSPS) is 10.6. The van der Waals surface area contributed by atoms with Gasteiger partial charge in [0.1, 0.15) is 12.4 Å². The smallest absolute Gasteiger partial charge is 0.244 e. The Morgan fingerprint density at radius 1 is 1.00 bits per heavy atom. The van der Waals surface area contributed by atoms with Gasteiger partial charge in [0.05, 0.1) is 6.54 Å². The highest BCUT2D eigenvalue weighted by atomic mass is 35.5. The van der Waals surface area contributed by atoms with Crippen molar-refractivity contribution in [2.45, 2.75) is 0 Å². The van der Waals surface area contributed by atoms with Gasteiger partial charge in [0, 0.05) is 16.1 Å². The van der Waals surface area contributed by atoms with Crippen LogP contribution < -0.4 is 10.1 Å². The predicted molar refractivity (Wildman–Crippen MR) is 90.4 cm³/mol. The zero-order valence-electron chi connectivity index (χ0n) is 11.8. The highest BCUT2D eigenvalue weighted by molar-refractivity contribution is 6.30. The second kappa shape index (κ2) is 8.47. The number of hydrogen-bond acceptors (Lipinski definition) is 2. The van der Waals surface area contributed by atoms with Crippen molar-refractivity contribution in [1.29, 1.82) is 0 Å². The molecule has 22 heavy (non-hydrogen) atoms. The van der Waals surface area contributed by atoms with Gasteiger partial charge in [-0.1, -0.05) is 35.3 Å².